The molecule has 2 aromatic rings. The maximum atomic E-state index is 12.0. The van der Waals surface area contributed by atoms with Crippen LogP contribution in [0, 0.1) is 0 Å². The summed E-state index contributed by atoms with van der Waals surface area (Å²) >= 11 is 0. The van der Waals surface area contributed by atoms with Crippen LogP contribution in [0.3, 0.4) is 0 Å². The fraction of sp³-hybridized carbons (Fsp3) is 0.357. The smallest absolute Gasteiger partial charge is 0.240 e. The van der Waals surface area contributed by atoms with Gasteiger partial charge in [0.2, 0.25) is 10.0 Å². The maximum Gasteiger partial charge on any atom is 0.240 e. The number of nitrogens with one attached hydrogen (secondary N) is 2. The zero-order valence-corrected chi connectivity index (χ0v) is 13.2. The lowest BCUT2D eigenvalue weighted by Gasteiger charge is -2.10. The summed E-state index contributed by atoms with van der Waals surface area (Å²) in [4.78, 5) is 0.264. The van der Waals surface area contributed by atoms with Crippen molar-refractivity contribution in [3.05, 3.63) is 42.2 Å². The van der Waals surface area contributed by atoms with Crippen LogP contribution < -0.4 is 10.0 Å². The van der Waals surface area contributed by atoms with Crippen LogP contribution in [0.1, 0.15) is 19.5 Å². The zero-order valence-electron chi connectivity index (χ0n) is 12.4. The predicted octanol–water partition coefficient (Wildman–Crippen LogP) is 1.72. The van der Waals surface area contributed by atoms with E-state index in [-0.39, 0.29) is 10.9 Å². The lowest BCUT2D eigenvalue weighted by molar-refractivity contribution is 0.570. The van der Waals surface area contributed by atoms with E-state index < -0.39 is 10.0 Å². The molecule has 6 nitrogen and oxygen atoms in total. The van der Waals surface area contributed by atoms with Gasteiger partial charge in [0.15, 0.2) is 0 Å². The van der Waals surface area contributed by atoms with E-state index >= 15 is 0 Å². The van der Waals surface area contributed by atoms with E-state index in [1.54, 1.807) is 42.8 Å². The van der Waals surface area contributed by atoms with E-state index in [1.807, 2.05) is 19.3 Å². The van der Waals surface area contributed by atoms with Gasteiger partial charge >= 0.3 is 0 Å². The normalized spacial score (nSPS) is 11.8. The van der Waals surface area contributed by atoms with Crippen molar-refractivity contribution in [1.29, 1.82) is 0 Å². The van der Waals surface area contributed by atoms with Gasteiger partial charge < -0.3 is 5.32 Å². The van der Waals surface area contributed by atoms with Crippen LogP contribution in [-0.2, 0) is 23.6 Å². The molecular formula is C14H20N4O2S. The molecule has 7 heteroatoms. The monoisotopic (exact) mass is 308 g/mol. The van der Waals surface area contributed by atoms with Crippen molar-refractivity contribution in [3.8, 4) is 0 Å². The number of hydrogen-bond donors (Lipinski definition) is 2. The summed E-state index contributed by atoms with van der Waals surface area (Å²) in [5, 5.41) is 7.47. The van der Waals surface area contributed by atoms with E-state index in [2.05, 4.69) is 15.1 Å². The van der Waals surface area contributed by atoms with Gasteiger partial charge in [-0.2, -0.15) is 5.10 Å². The third-order valence-electron chi connectivity index (χ3n) is 2.80. The Bertz CT molecular complexity index is 690. The molecule has 0 amide bonds. The van der Waals surface area contributed by atoms with Gasteiger partial charge in [0, 0.05) is 25.0 Å². The number of benzene rings is 1. The van der Waals surface area contributed by atoms with Crippen LogP contribution in [-0.4, -0.2) is 24.2 Å². The molecule has 0 aliphatic rings. The second kappa shape index (κ2) is 6.28. The SMILES string of the molecule is CC(C)NS(=O)(=O)c1ccc(NCc2ccn(C)n2)cc1. The molecule has 1 aromatic heterocycles. The number of sulfonamides is 1. The molecule has 1 heterocycles. The predicted molar refractivity (Wildman–Crippen MR) is 82.4 cm³/mol. The first-order chi connectivity index (χ1) is 9.87. The number of aryl methyl sites for hydroxylation is 1. The Morgan fingerprint density at radius 2 is 1.86 bits per heavy atom. The molecule has 0 spiro atoms. The third-order valence-corrected chi connectivity index (χ3v) is 4.47. The molecule has 114 valence electrons. The summed E-state index contributed by atoms with van der Waals surface area (Å²) in [6, 6.07) is 8.47. The Morgan fingerprint density at radius 3 is 2.38 bits per heavy atom. The van der Waals surface area contributed by atoms with E-state index in [1.165, 1.54) is 0 Å². The molecule has 0 aliphatic heterocycles. The summed E-state index contributed by atoms with van der Waals surface area (Å²) in [7, 11) is -1.57. The van der Waals surface area contributed by atoms with Crippen molar-refractivity contribution < 1.29 is 8.42 Å². The highest BCUT2D eigenvalue weighted by Crippen LogP contribution is 2.15. The van der Waals surface area contributed by atoms with Crippen LogP contribution in [0.5, 0.6) is 0 Å². The molecule has 0 bridgehead atoms. The van der Waals surface area contributed by atoms with Crippen LogP contribution in [0.25, 0.3) is 0 Å². The fourth-order valence-electron chi connectivity index (χ4n) is 1.88. The molecule has 0 saturated carbocycles. The van der Waals surface area contributed by atoms with Gasteiger partial charge in [0.1, 0.15) is 0 Å². The average molecular weight is 308 g/mol. The van der Waals surface area contributed by atoms with Crippen molar-refractivity contribution in [3.63, 3.8) is 0 Å². The largest absolute Gasteiger partial charge is 0.379 e. The van der Waals surface area contributed by atoms with Crippen LogP contribution in [0.15, 0.2) is 41.4 Å². The third kappa shape index (κ3) is 4.30. The first kappa shape index (κ1) is 15.5. The van der Waals surface area contributed by atoms with Crippen molar-refractivity contribution in [2.75, 3.05) is 5.32 Å². The Hall–Kier alpha value is -1.86. The lowest BCUT2D eigenvalue weighted by atomic mass is 10.3. The highest BCUT2D eigenvalue weighted by atomic mass is 32.2. The summed E-state index contributed by atoms with van der Waals surface area (Å²) in [5.74, 6) is 0. The Kier molecular flexibility index (Phi) is 4.64. The number of rotatable bonds is 6. The highest BCUT2D eigenvalue weighted by molar-refractivity contribution is 7.89. The van der Waals surface area contributed by atoms with Crippen molar-refractivity contribution in [2.45, 2.75) is 31.3 Å². The minimum absolute atomic E-state index is 0.128. The number of hydrogen-bond acceptors (Lipinski definition) is 4. The highest BCUT2D eigenvalue weighted by Gasteiger charge is 2.14. The Labute approximate surface area is 125 Å². The summed E-state index contributed by atoms with van der Waals surface area (Å²) in [6.45, 7) is 4.18. The van der Waals surface area contributed by atoms with Gasteiger partial charge in [0.05, 0.1) is 17.1 Å². The first-order valence-electron chi connectivity index (χ1n) is 6.71. The zero-order chi connectivity index (χ0) is 15.5. The van der Waals surface area contributed by atoms with Gasteiger partial charge in [-0.3, -0.25) is 4.68 Å². The van der Waals surface area contributed by atoms with Crippen LogP contribution in [0.2, 0.25) is 0 Å². The molecule has 2 N–H and O–H groups in total. The Morgan fingerprint density at radius 1 is 1.19 bits per heavy atom. The number of aromatic nitrogens is 2. The fourth-order valence-corrected chi connectivity index (χ4v) is 3.13. The summed E-state index contributed by atoms with van der Waals surface area (Å²) in [6.07, 6.45) is 1.88. The second-order valence-electron chi connectivity index (χ2n) is 5.13. The molecule has 0 atom stereocenters. The average Bonchev–Trinajstić information content (AvgIpc) is 2.81. The van der Waals surface area contributed by atoms with Gasteiger partial charge in [0.25, 0.3) is 0 Å². The Balaban J connectivity index is 2.02. The van der Waals surface area contributed by atoms with E-state index in [0.717, 1.165) is 11.4 Å². The van der Waals surface area contributed by atoms with Crippen LogP contribution >= 0.6 is 0 Å². The number of nitrogens with zero attached hydrogens (tertiary/aromatic N) is 2. The molecule has 0 fully saturated rings. The lowest BCUT2D eigenvalue weighted by Crippen LogP contribution is -2.30. The number of anilines is 1. The second-order valence-corrected chi connectivity index (χ2v) is 6.85. The van der Waals surface area contributed by atoms with Crippen molar-refractivity contribution in [2.24, 2.45) is 7.05 Å². The topological polar surface area (TPSA) is 76.0 Å². The van der Waals surface area contributed by atoms with E-state index in [9.17, 15) is 8.42 Å². The minimum Gasteiger partial charge on any atom is -0.379 e. The molecule has 1 aromatic carbocycles. The van der Waals surface area contributed by atoms with Gasteiger partial charge in [-0.15, -0.1) is 0 Å². The molecule has 0 saturated heterocycles. The first-order valence-corrected chi connectivity index (χ1v) is 8.20. The molecule has 0 unspecified atom stereocenters. The minimum atomic E-state index is -3.43. The summed E-state index contributed by atoms with van der Waals surface area (Å²) < 4.78 is 28.3. The van der Waals surface area contributed by atoms with Gasteiger partial charge in [-0.05, 0) is 44.2 Å². The standard InChI is InChI=1S/C14H20N4O2S/c1-11(2)17-21(19,20)14-6-4-12(5-7-14)15-10-13-8-9-18(3)16-13/h4-9,11,15,17H,10H2,1-3H3. The van der Waals surface area contributed by atoms with Crippen LogP contribution in [0.4, 0.5) is 5.69 Å². The quantitative estimate of drug-likeness (QED) is 0.852. The van der Waals surface area contributed by atoms with Gasteiger partial charge in [-0.25, -0.2) is 13.1 Å². The van der Waals surface area contributed by atoms with E-state index in [0.29, 0.717) is 6.54 Å². The van der Waals surface area contributed by atoms with E-state index in [4.69, 9.17) is 0 Å². The molecule has 0 aliphatic carbocycles. The molecule has 21 heavy (non-hydrogen) atoms. The summed E-state index contributed by atoms with van der Waals surface area (Å²) in [5.41, 5.74) is 1.78. The molecule has 0 radical (unpaired) electrons. The van der Waals surface area contributed by atoms with Crippen molar-refractivity contribution in [1.82, 2.24) is 14.5 Å². The molecule has 2 rings (SSSR count). The molecular weight excluding hydrogens is 288 g/mol. The van der Waals surface area contributed by atoms with Crippen molar-refractivity contribution >= 4 is 15.7 Å². The van der Waals surface area contributed by atoms with Gasteiger partial charge in [-0.1, -0.05) is 0 Å². The maximum absolute atomic E-state index is 12.0.